The van der Waals surface area contributed by atoms with E-state index in [1.54, 1.807) is 0 Å². The van der Waals surface area contributed by atoms with Crippen LogP contribution >= 0.6 is 0 Å². The Hall–Kier alpha value is -0.850. The van der Waals surface area contributed by atoms with Crippen molar-refractivity contribution >= 4 is 0 Å². The van der Waals surface area contributed by atoms with Crippen molar-refractivity contribution in [1.29, 1.82) is 0 Å². The molecule has 0 radical (unpaired) electrons. The second-order valence-corrected chi connectivity index (χ2v) is 5.67. The van der Waals surface area contributed by atoms with Crippen LogP contribution in [0.15, 0.2) is 12.1 Å². The second-order valence-electron chi connectivity index (χ2n) is 5.67. The van der Waals surface area contributed by atoms with Gasteiger partial charge < -0.3 is 0 Å². The first-order chi connectivity index (χ1) is 7.50. The van der Waals surface area contributed by atoms with Gasteiger partial charge in [0.1, 0.15) is 5.82 Å². The van der Waals surface area contributed by atoms with E-state index in [9.17, 15) is 4.39 Å². The van der Waals surface area contributed by atoms with Gasteiger partial charge in [0.15, 0.2) is 0 Å². The van der Waals surface area contributed by atoms with Crippen molar-refractivity contribution in [3.8, 4) is 0 Å². The Morgan fingerprint density at radius 3 is 2.38 bits per heavy atom. The third-order valence-electron chi connectivity index (χ3n) is 3.88. The van der Waals surface area contributed by atoms with Crippen molar-refractivity contribution in [3.05, 3.63) is 34.6 Å². The standard InChI is InChI=1S/C15H21F/c1-9(2)12-7-11-5-6-13(10(3)4)15(16)14(11)8-12/h5-6,9-10,12H,7-8H2,1-4H3. The van der Waals surface area contributed by atoms with Gasteiger partial charge in [-0.15, -0.1) is 0 Å². The molecule has 1 aliphatic rings. The maximum absolute atomic E-state index is 14.3. The molecule has 1 unspecified atom stereocenters. The van der Waals surface area contributed by atoms with Gasteiger partial charge in [0, 0.05) is 0 Å². The van der Waals surface area contributed by atoms with Crippen LogP contribution in [0.2, 0.25) is 0 Å². The zero-order chi connectivity index (χ0) is 11.9. The lowest BCUT2D eigenvalue weighted by atomic mass is 9.93. The van der Waals surface area contributed by atoms with E-state index in [0.29, 0.717) is 11.8 Å². The van der Waals surface area contributed by atoms with E-state index < -0.39 is 0 Å². The van der Waals surface area contributed by atoms with Crippen molar-refractivity contribution in [2.45, 2.75) is 46.5 Å². The van der Waals surface area contributed by atoms with E-state index in [4.69, 9.17) is 0 Å². The lowest BCUT2D eigenvalue weighted by Crippen LogP contribution is -2.07. The first-order valence-corrected chi connectivity index (χ1v) is 6.30. The molecule has 0 fully saturated rings. The van der Waals surface area contributed by atoms with Crippen LogP contribution < -0.4 is 0 Å². The van der Waals surface area contributed by atoms with Crippen LogP contribution in [0.25, 0.3) is 0 Å². The van der Waals surface area contributed by atoms with Crippen molar-refractivity contribution in [3.63, 3.8) is 0 Å². The van der Waals surface area contributed by atoms with E-state index in [0.717, 1.165) is 24.0 Å². The molecule has 0 aliphatic heterocycles. The van der Waals surface area contributed by atoms with Crippen LogP contribution in [0.3, 0.4) is 0 Å². The Balaban J connectivity index is 2.36. The van der Waals surface area contributed by atoms with E-state index in [1.807, 2.05) is 6.07 Å². The molecule has 16 heavy (non-hydrogen) atoms. The van der Waals surface area contributed by atoms with Crippen molar-refractivity contribution in [2.75, 3.05) is 0 Å². The summed E-state index contributed by atoms with van der Waals surface area (Å²) in [6, 6.07) is 4.11. The number of rotatable bonds is 2. The summed E-state index contributed by atoms with van der Waals surface area (Å²) in [6.07, 6.45) is 1.99. The molecular formula is C15H21F. The first-order valence-electron chi connectivity index (χ1n) is 6.30. The minimum Gasteiger partial charge on any atom is -0.206 e. The molecule has 1 aliphatic carbocycles. The van der Waals surface area contributed by atoms with Crippen LogP contribution in [0.1, 0.15) is 50.3 Å². The molecule has 1 aromatic carbocycles. The summed E-state index contributed by atoms with van der Waals surface area (Å²) in [6.45, 7) is 8.58. The highest BCUT2D eigenvalue weighted by atomic mass is 19.1. The zero-order valence-electron chi connectivity index (χ0n) is 10.7. The van der Waals surface area contributed by atoms with E-state index in [2.05, 4.69) is 33.8 Å². The zero-order valence-corrected chi connectivity index (χ0v) is 10.7. The molecule has 0 saturated carbocycles. The van der Waals surface area contributed by atoms with Crippen LogP contribution in [0.5, 0.6) is 0 Å². The molecule has 0 saturated heterocycles. The summed E-state index contributed by atoms with van der Waals surface area (Å²) in [5.74, 6) is 1.63. The number of halogens is 1. The molecular weight excluding hydrogens is 199 g/mol. The fourth-order valence-electron chi connectivity index (χ4n) is 2.63. The molecule has 1 atom stereocenters. The van der Waals surface area contributed by atoms with Crippen LogP contribution in [0, 0.1) is 17.7 Å². The fraction of sp³-hybridized carbons (Fsp3) is 0.600. The van der Waals surface area contributed by atoms with Crippen molar-refractivity contribution in [2.24, 2.45) is 11.8 Å². The minimum atomic E-state index is 0.0654. The maximum atomic E-state index is 14.3. The molecule has 0 amide bonds. The average molecular weight is 220 g/mol. The Kier molecular flexibility index (Phi) is 3.05. The smallest absolute Gasteiger partial charge is 0.130 e. The number of hydrogen-bond donors (Lipinski definition) is 0. The Morgan fingerprint density at radius 1 is 1.12 bits per heavy atom. The summed E-state index contributed by atoms with van der Waals surface area (Å²) in [5, 5.41) is 0. The highest BCUT2D eigenvalue weighted by molar-refractivity contribution is 5.39. The molecule has 2 rings (SSSR count). The lowest BCUT2D eigenvalue weighted by molar-refractivity contribution is 0.401. The molecule has 0 nitrogen and oxygen atoms in total. The Bertz CT molecular complexity index is 391. The minimum absolute atomic E-state index is 0.0654. The molecule has 0 aromatic heterocycles. The average Bonchev–Trinajstić information content (AvgIpc) is 2.62. The van der Waals surface area contributed by atoms with Gasteiger partial charge in [0.25, 0.3) is 0 Å². The normalized spacial score (nSPS) is 19.6. The molecule has 88 valence electrons. The van der Waals surface area contributed by atoms with Gasteiger partial charge in [-0.1, -0.05) is 39.8 Å². The molecule has 0 bridgehead atoms. The molecule has 1 heteroatoms. The van der Waals surface area contributed by atoms with Crippen LogP contribution in [-0.2, 0) is 12.8 Å². The largest absolute Gasteiger partial charge is 0.206 e. The topological polar surface area (TPSA) is 0 Å². The highest BCUT2D eigenvalue weighted by Crippen LogP contribution is 2.35. The van der Waals surface area contributed by atoms with E-state index in [1.165, 1.54) is 5.56 Å². The third kappa shape index (κ3) is 1.88. The van der Waals surface area contributed by atoms with Gasteiger partial charge in [0.2, 0.25) is 0 Å². The van der Waals surface area contributed by atoms with Gasteiger partial charge in [-0.2, -0.15) is 0 Å². The number of fused-ring (bicyclic) bond motifs is 1. The predicted molar refractivity (Wildman–Crippen MR) is 66.2 cm³/mol. The quantitative estimate of drug-likeness (QED) is 0.696. The lowest BCUT2D eigenvalue weighted by Gasteiger charge is -2.12. The Morgan fingerprint density at radius 2 is 1.81 bits per heavy atom. The van der Waals surface area contributed by atoms with Crippen molar-refractivity contribution in [1.82, 2.24) is 0 Å². The van der Waals surface area contributed by atoms with Gasteiger partial charge in [-0.05, 0) is 47.3 Å². The Labute approximate surface area is 97.9 Å². The van der Waals surface area contributed by atoms with Crippen LogP contribution in [-0.4, -0.2) is 0 Å². The summed E-state index contributed by atoms with van der Waals surface area (Å²) in [5.41, 5.74) is 3.11. The summed E-state index contributed by atoms with van der Waals surface area (Å²) in [4.78, 5) is 0. The molecule has 0 spiro atoms. The van der Waals surface area contributed by atoms with Gasteiger partial charge in [-0.3, -0.25) is 0 Å². The van der Waals surface area contributed by atoms with Gasteiger partial charge >= 0.3 is 0 Å². The maximum Gasteiger partial charge on any atom is 0.130 e. The van der Waals surface area contributed by atoms with Crippen LogP contribution in [0.4, 0.5) is 4.39 Å². The summed E-state index contributed by atoms with van der Waals surface area (Å²) < 4.78 is 14.3. The first kappa shape index (κ1) is 11.6. The molecule has 0 N–H and O–H groups in total. The van der Waals surface area contributed by atoms with Gasteiger partial charge in [0.05, 0.1) is 0 Å². The van der Waals surface area contributed by atoms with E-state index >= 15 is 0 Å². The fourth-order valence-corrected chi connectivity index (χ4v) is 2.63. The molecule has 0 heterocycles. The predicted octanol–water partition coefficient (Wildman–Crippen LogP) is 4.32. The monoisotopic (exact) mass is 220 g/mol. The number of benzene rings is 1. The third-order valence-corrected chi connectivity index (χ3v) is 3.88. The summed E-state index contributed by atoms with van der Waals surface area (Å²) in [7, 11) is 0. The van der Waals surface area contributed by atoms with E-state index in [-0.39, 0.29) is 11.7 Å². The highest BCUT2D eigenvalue weighted by Gasteiger charge is 2.27. The summed E-state index contributed by atoms with van der Waals surface area (Å²) >= 11 is 0. The SMILES string of the molecule is CC(C)c1ccc2c(c1F)CC(C(C)C)C2. The second kappa shape index (κ2) is 4.20. The molecule has 1 aromatic rings. The van der Waals surface area contributed by atoms with Gasteiger partial charge in [-0.25, -0.2) is 4.39 Å². The number of hydrogen-bond acceptors (Lipinski definition) is 0. The van der Waals surface area contributed by atoms with Crippen molar-refractivity contribution < 1.29 is 4.39 Å².